The van der Waals surface area contributed by atoms with E-state index < -0.39 is 0 Å². The van der Waals surface area contributed by atoms with Crippen LogP contribution in [0.2, 0.25) is 0 Å². The quantitative estimate of drug-likeness (QED) is 0.727. The molecule has 0 aromatic heterocycles. The molecule has 0 aromatic carbocycles. The highest BCUT2D eigenvalue weighted by Gasteiger charge is 2.65. The molecule has 0 N–H and O–H groups in total. The molecule has 6 atom stereocenters. The fourth-order valence-electron chi connectivity index (χ4n) is 5.96. The number of hydrogen-bond acceptors (Lipinski definition) is 2. The van der Waals surface area contributed by atoms with Gasteiger partial charge in [-0.1, -0.05) is 13.8 Å². The van der Waals surface area contributed by atoms with E-state index in [0.29, 0.717) is 23.2 Å². The lowest BCUT2D eigenvalue weighted by molar-refractivity contribution is -0.127. The van der Waals surface area contributed by atoms with E-state index in [1.807, 2.05) is 0 Å². The first-order chi connectivity index (χ1) is 9.41. The number of ketones is 1. The molecule has 3 aliphatic carbocycles. The van der Waals surface area contributed by atoms with Crippen molar-refractivity contribution in [1.29, 1.82) is 0 Å². The Morgan fingerprint density at radius 1 is 1.20 bits per heavy atom. The monoisotopic (exact) mass is 276 g/mol. The first-order valence-corrected chi connectivity index (χ1v) is 8.36. The van der Waals surface area contributed by atoms with Crippen LogP contribution in [-0.4, -0.2) is 12.1 Å². The van der Waals surface area contributed by atoms with Crippen LogP contribution >= 0.6 is 0 Å². The maximum atomic E-state index is 11.5. The third-order valence-corrected chi connectivity index (χ3v) is 7.22. The zero-order valence-corrected chi connectivity index (χ0v) is 13.2. The normalized spacial score (nSPS) is 50.0. The molecule has 3 fully saturated rings. The van der Waals surface area contributed by atoms with E-state index in [0.717, 1.165) is 24.7 Å². The Bertz CT molecular complexity index is 429. The molecule has 0 aliphatic heterocycles. The Kier molecular flexibility index (Phi) is 3.34. The molecule has 112 valence electrons. The zero-order chi connectivity index (χ0) is 14.5. The van der Waals surface area contributed by atoms with Gasteiger partial charge in [0.05, 0.1) is 0 Å². The smallest absolute Gasteiger partial charge is 0.129 e. The number of Topliss-reactive ketones (excluding diaryl/α,β-unsaturated/α-hetero) is 1. The van der Waals surface area contributed by atoms with Gasteiger partial charge in [0.2, 0.25) is 0 Å². The summed E-state index contributed by atoms with van der Waals surface area (Å²) in [5, 5.41) is 0. The lowest BCUT2D eigenvalue weighted by atomic mass is 9.49. The molecule has 20 heavy (non-hydrogen) atoms. The van der Waals surface area contributed by atoms with Crippen molar-refractivity contribution in [1.82, 2.24) is 0 Å². The van der Waals surface area contributed by atoms with E-state index in [1.54, 1.807) is 6.92 Å². The van der Waals surface area contributed by atoms with Crippen LogP contribution in [0.15, 0.2) is 0 Å². The van der Waals surface area contributed by atoms with Crippen LogP contribution in [0.4, 0.5) is 0 Å². The molecule has 0 bridgehead atoms. The predicted molar refractivity (Wildman–Crippen MR) is 79.2 cm³/mol. The Morgan fingerprint density at radius 3 is 2.60 bits per heavy atom. The van der Waals surface area contributed by atoms with Gasteiger partial charge in [0.1, 0.15) is 12.1 Å². The SMILES string of the molecule is CC(=O)CC[C@@H]1[C@@H](C=O)CC[C@@H]2[C@@]3(C)C[C@H]3CC[C@]21C. The summed E-state index contributed by atoms with van der Waals surface area (Å²) in [4.78, 5) is 22.9. The van der Waals surface area contributed by atoms with E-state index in [4.69, 9.17) is 0 Å². The Morgan fingerprint density at radius 2 is 1.95 bits per heavy atom. The minimum absolute atomic E-state index is 0.189. The maximum Gasteiger partial charge on any atom is 0.129 e. The van der Waals surface area contributed by atoms with Gasteiger partial charge in [-0.25, -0.2) is 0 Å². The van der Waals surface area contributed by atoms with Crippen molar-refractivity contribution < 1.29 is 9.59 Å². The Balaban J connectivity index is 1.86. The van der Waals surface area contributed by atoms with Crippen molar-refractivity contribution in [3.05, 3.63) is 0 Å². The molecule has 0 saturated heterocycles. The zero-order valence-electron chi connectivity index (χ0n) is 13.2. The van der Waals surface area contributed by atoms with Crippen LogP contribution in [0, 0.1) is 34.5 Å². The van der Waals surface area contributed by atoms with E-state index in [1.165, 1.54) is 32.0 Å². The first kappa shape index (κ1) is 14.3. The second-order valence-corrected chi connectivity index (χ2v) is 8.23. The van der Waals surface area contributed by atoms with E-state index in [-0.39, 0.29) is 11.7 Å². The summed E-state index contributed by atoms with van der Waals surface area (Å²) in [5.74, 6) is 2.62. The lowest BCUT2D eigenvalue weighted by Crippen LogP contribution is -2.49. The standard InChI is InChI=1S/C18H28O2/c1-12(20)4-6-15-13(11-19)5-7-16-17(15,2)9-8-14-10-18(14,16)3/h11,13-16H,4-10H2,1-3H3/t13-,14-,15-,16+,17+,18+/m1/s1. The third kappa shape index (κ3) is 1.98. The molecule has 3 saturated carbocycles. The van der Waals surface area contributed by atoms with Gasteiger partial charge in [-0.3, -0.25) is 0 Å². The summed E-state index contributed by atoms with van der Waals surface area (Å²) >= 11 is 0. The highest BCUT2D eigenvalue weighted by atomic mass is 16.1. The average Bonchev–Trinajstić information content (AvgIpc) is 3.07. The van der Waals surface area contributed by atoms with Crippen LogP contribution < -0.4 is 0 Å². The van der Waals surface area contributed by atoms with Gasteiger partial charge in [0, 0.05) is 12.3 Å². The van der Waals surface area contributed by atoms with E-state index >= 15 is 0 Å². The maximum absolute atomic E-state index is 11.5. The van der Waals surface area contributed by atoms with Crippen molar-refractivity contribution in [2.45, 2.75) is 65.7 Å². The van der Waals surface area contributed by atoms with Gasteiger partial charge >= 0.3 is 0 Å². The topological polar surface area (TPSA) is 34.1 Å². The summed E-state index contributed by atoms with van der Waals surface area (Å²) in [6, 6.07) is 0. The van der Waals surface area contributed by atoms with Crippen molar-refractivity contribution >= 4 is 12.1 Å². The number of carbonyl (C=O) groups is 2. The Labute approximate surface area is 122 Å². The molecule has 2 nitrogen and oxygen atoms in total. The Hall–Kier alpha value is -0.660. The minimum Gasteiger partial charge on any atom is -0.303 e. The number of rotatable bonds is 4. The fraction of sp³-hybridized carbons (Fsp3) is 0.889. The summed E-state index contributed by atoms with van der Waals surface area (Å²) in [6.45, 7) is 6.58. The largest absolute Gasteiger partial charge is 0.303 e. The molecule has 0 amide bonds. The van der Waals surface area contributed by atoms with Gasteiger partial charge in [0.25, 0.3) is 0 Å². The van der Waals surface area contributed by atoms with Crippen LogP contribution in [0.1, 0.15) is 65.7 Å². The summed E-state index contributed by atoms with van der Waals surface area (Å²) in [6.07, 6.45) is 9.05. The van der Waals surface area contributed by atoms with Gasteiger partial charge in [-0.15, -0.1) is 0 Å². The number of fused-ring (bicyclic) bond motifs is 3. The van der Waals surface area contributed by atoms with Crippen molar-refractivity contribution in [3.8, 4) is 0 Å². The molecule has 0 aromatic rings. The number of carbonyl (C=O) groups excluding carboxylic acids is 2. The number of aldehydes is 1. The first-order valence-electron chi connectivity index (χ1n) is 8.36. The van der Waals surface area contributed by atoms with E-state index in [2.05, 4.69) is 13.8 Å². The van der Waals surface area contributed by atoms with Gasteiger partial charge in [-0.2, -0.15) is 0 Å². The summed E-state index contributed by atoms with van der Waals surface area (Å²) < 4.78 is 0. The van der Waals surface area contributed by atoms with Crippen LogP contribution in [-0.2, 0) is 9.59 Å². The third-order valence-electron chi connectivity index (χ3n) is 7.22. The van der Waals surface area contributed by atoms with Crippen molar-refractivity contribution in [2.75, 3.05) is 0 Å². The molecule has 0 unspecified atom stereocenters. The summed E-state index contributed by atoms with van der Waals surface area (Å²) in [7, 11) is 0. The highest BCUT2D eigenvalue weighted by molar-refractivity contribution is 5.75. The second kappa shape index (κ2) is 4.68. The predicted octanol–water partition coefficient (Wildman–Crippen LogP) is 4.02. The molecular weight excluding hydrogens is 248 g/mol. The van der Waals surface area contributed by atoms with Crippen molar-refractivity contribution in [2.24, 2.45) is 34.5 Å². The van der Waals surface area contributed by atoms with Gasteiger partial charge < -0.3 is 9.59 Å². The minimum atomic E-state index is 0.189. The second-order valence-electron chi connectivity index (χ2n) is 8.23. The van der Waals surface area contributed by atoms with Crippen LogP contribution in [0.5, 0.6) is 0 Å². The molecule has 3 rings (SSSR count). The lowest BCUT2D eigenvalue weighted by Gasteiger charge is -2.55. The molecule has 0 radical (unpaired) electrons. The van der Waals surface area contributed by atoms with E-state index in [9.17, 15) is 9.59 Å². The molecule has 3 aliphatic rings. The van der Waals surface area contributed by atoms with Crippen LogP contribution in [0.25, 0.3) is 0 Å². The molecule has 0 heterocycles. The number of hydrogen-bond donors (Lipinski definition) is 0. The fourth-order valence-corrected chi connectivity index (χ4v) is 5.96. The average molecular weight is 276 g/mol. The highest BCUT2D eigenvalue weighted by Crippen LogP contribution is 2.73. The van der Waals surface area contributed by atoms with Gasteiger partial charge in [0.15, 0.2) is 0 Å². The van der Waals surface area contributed by atoms with Gasteiger partial charge in [-0.05, 0) is 74.0 Å². The van der Waals surface area contributed by atoms with Crippen molar-refractivity contribution in [3.63, 3.8) is 0 Å². The molecule has 0 spiro atoms. The molecule has 2 heteroatoms. The summed E-state index contributed by atoms with van der Waals surface area (Å²) in [5.41, 5.74) is 0.844. The molecular formula is C18H28O2. The van der Waals surface area contributed by atoms with Crippen LogP contribution in [0.3, 0.4) is 0 Å².